The lowest BCUT2D eigenvalue weighted by Crippen LogP contribution is -2.18. The topological polar surface area (TPSA) is 3.24 Å². The van der Waals surface area contributed by atoms with Gasteiger partial charge in [0.1, 0.15) is 0 Å². The highest BCUT2D eigenvalue weighted by Gasteiger charge is 2.38. The lowest BCUT2D eigenvalue weighted by Gasteiger charge is -2.31. The van der Waals surface area contributed by atoms with Crippen LogP contribution in [0.4, 0.5) is 17.1 Å². The summed E-state index contributed by atoms with van der Waals surface area (Å²) < 4.78 is 0. The smallest absolute Gasteiger partial charge is 0.0540 e. The highest BCUT2D eigenvalue weighted by Crippen LogP contribution is 2.55. The zero-order valence-electron chi connectivity index (χ0n) is 40.6. The molecule has 0 N–H and O–H groups in total. The predicted octanol–water partition coefficient (Wildman–Crippen LogP) is 19.3. The van der Waals surface area contributed by atoms with Crippen molar-refractivity contribution < 1.29 is 0 Å². The highest BCUT2D eigenvalue weighted by molar-refractivity contribution is 5.98. The molecular weight excluding hydrogens is 855 g/mol. The minimum absolute atomic E-state index is 0.234. The molecule has 0 aromatic heterocycles. The molecule has 0 amide bonds. The van der Waals surface area contributed by atoms with Gasteiger partial charge in [0, 0.05) is 27.8 Å². The normalized spacial score (nSPS) is 13.6. The third-order valence-electron chi connectivity index (χ3n) is 15.7. The average Bonchev–Trinajstić information content (AvgIpc) is 3.79. The number of para-hydroxylation sites is 1. The second-order valence-electron chi connectivity index (χ2n) is 20.5. The van der Waals surface area contributed by atoms with Crippen molar-refractivity contribution in [3.63, 3.8) is 0 Å². The quantitative estimate of drug-likeness (QED) is 0.147. The summed E-state index contributed by atoms with van der Waals surface area (Å²) >= 11 is 0. The van der Waals surface area contributed by atoms with Gasteiger partial charge >= 0.3 is 0 Å². The third kappa shape index (κ3) is 7.06. The maximum absolute atomic E-state index is 2.51. The Bertz CT molecular complexity index is 3830. The Morgan fingerprint density at radius 2 is 0.634 bits per heavy atom. The molecule has 2 aliphatic carbocycles. The minimum Gasteiger partial charge on any atom is -0.310 e. The molecule has 71 heavy (non-hydrogen) atoms. The van der Waals surface area contributed by atoms with Crippen LogP contribution in [0.2, 0.25) is 0 Å². The van der Waals surface area contributed by atoms with Gasteiger partial charge in [0.25, 0.3) is 0 Å². The molecule has 0 fully saturated rings. The first-order valence-corrected chi connectivity index (χ1v) is 25.0. The van der Waals surface area contributed by atoms with Crippen LogP contribution >= 0.6 is 0 Å². The van der Waals surface area contributed by atoms with Gasteiger partial charge in [-0.1, -0.05) is 234 Å². The van der Waals surface area contributed by atoms with E-state index in [0.29, 0.717) is 0 Å². The van der Waals surface area contributed by atoms with Gasteiger partial charge in [-0.3, -0.25) is 0 Å². The van der Waals surface area contributed by atoms with Crippen LogP contribution < -0.4 is 4.90 Å². The fraction of sp³-hybridized carbons (Fsp3) is 0.0857. The molecule has 0 aliphatic heterocycles. The highest BCUT2D eigenvalue weighted by atomic mass is 15.1. The zero-order chi connectivity index (χ0) is 47.8. The second kappa shape index (κ2) is 16.6. The molecule has 0 saturated carbocycles. The summed E-state index contributed by atoms with van der Waals surface area (Å²) in [7, 11) is 0. The van der Waals surface area contributed by atoms with Crippen molar-refractivity contribution in [1.82, 2.24) is 0 Å². The van der Waals surface area contributed by atoms with E-state index in [4.69, 9.17) is 0 Å². The van der Waals surface area contributed by atoms with Crippen LogP contribution in [0.3, 0.4) is 0 Å². The molecule has 0 heterocycles. The molecule has 1 heteroatoms. The molecule has 0 radical (unpaired) electrons. The molecule has 0 spiro atoms. The summed E-state index contributed by atoms with van der Waals surface area (Å²) in [4.78, 5) is 2.51. The maximum atomic E-state index is 2.51. The minimum atomic E-state index is -0.235. The summed E-state index contributed by atoms with van der Waals surface area (Å²) in [6.07, 6.45) is 0. The van der Waals surface area contributed by atoms with Gasteiger partial charge in [0.15, 0.2) is 0 Å². The standard InChI is InChI=1S/C70H53N/c1-69(2)64-42-53(50-28-26-48(27-29-50)46-16-7-5-8-17-46)34-38-60(64)62-40-36-55(44-66(62)69)71(68-25-14-13-23-59(68)52-32-30-49(31-33-52)47-18-9-6-10-19-47)56-37-41-63-61-39-35-54(43-65(61)70(3,4)67(63)45-56)58-24-15-21-51-20-11-12-22-57(51)58/h5-45H,1-4H3. The largest absolute Gasteiger partial charge is 0.310 e. The van der Waals surface area contributed by atoms with E-state index in [0.717, 1.165) is 17.1 Å². The Morgan fingerprint density at radius 1 is 0.254 bits per heavy atom. The number of nitrogens with zero attached hydrogens (tertiary/aromatic N) is 1. The Labute approximate surface area is 418 Å². The molecule has 0 bridgehead atoms. The van der Waals surface area contributed by atoms with Gasteiger partial charge in [0.05, 0.1) is 5.69 Å². The third-order valence-corrected chi connectivity index (χ3v) is 15.7. The first-order chi connectivity index (χ1) is 34.7. The number of rotatable bonds is 8. The first kappa shape index (κ1) is 42.6. The van der Waals surface area contributed by atoms with Gasteiger partial charge in [0.2, 0.25) is 0 Å². The Morgan fingerprint density at radius 3 is 1.21 bits per heavy atom. The van der Waals surface area contributed by atoms with Crippen LogP contribution in [0, 0.1) is 0 Å². The molecule has 0 unspecified atom stereocenters. The fourth-order valence-corrected chi connectivity index (χ4v) is 11.9. The van der Waals surface area contributed by atoms with Gasteiger partial charge in [-0.25, -0.2) is 0 Å². The van der Waals surface area contributed by atoms with E-state index in [1.54, 1.807) is 0 Å². The van der Waals surface area contributed by atoms with E-state index in [1.165, 1.54) is 111 Å². The molecule has 2 aliphatic rings. The van der Waals surface area contributed by atoms with Crippen molar-refractivity contribution >= 4 is 27.8 Å². The van der Waals surface area contributed by atoms with Crippen LogP contribution in [-0.4, -0.2) is 0 Å². The Balaban J connectivity index is 0.921. The van der Waals surface area contributed by atoms with Crippen LogP contribution in [0.25, 0.3) is 88.7 Å². The van der Waals surface area contributed by atoms with E-state index >= 15 is 0 Å². The number of anilines is 3. The molecule has 13 rings (SSSR count). The van der Waals surface area contributed by atoms with Gasteiger partial charge in [-0.15, -0.1) is 0 Å². The summed E-state index contributed by atoms with van der Waals surface area (Å²) in [5.41, 5.74) is 25.8. The van der Waals surface area contributed by atoms with Crippen LogP contribution in [0.1, 0.15) is 49.9 Å². The number of hydrogen-bond donors (Lipinski definition) is 0. The first-order valence-electron chi connectivity index (χ1n) is 25.0. The van der Waals surface area contributed by atoms with Crippen LogP contribution in [0.15, 0.2) is 249 Å². The molecular formula is C70H53N. The van der Waals surface area contributed by atoms with Gasteiger partial charge < -0.3 is 4.90 Å². The molecule has 338 valence electrons. The molecule has 0 atom stereocenters. The SMILES string of the molecule is CC1(C)c2cc(-c3ccc(-c4ccccc4)cc3)ccc2-c2ccc(N(c3ccc4c(c3)C(C)(C)c3cc(-c5cccc6ccccc56)ccc3-4)c3ccccc3-c3ccc(-c4ccccc4)cc3)cc21. The Hall–Kier alpha value is -8.52. The van der Waals surface area contributed by atoms with E-state index in [1.807, 2.05) is 0 Å². The van der Waals surface area contributed by atoms with Crippen molar-refractivity contribution in [3.05, 3.63) is 271 Å². The monoisotopic (exact) mass is 907 g/mol. The molecule has 0 saturated heterocycles. The van der Waals surface area contributed by atoms with E-state index in [9.17, 15) is 0 Å². The lowest BCUT2D eigenvalue weighted by molar-refractivity contribution is 0.660. The van der Waals surface area contributed by atoms with Crippen molar-refractivity contribution in [2.24, 2.45) is 0 Å². The number of hydrogen-bond acceptors (Lipinski definition) is 1. The molecule has 11 aromatic rings. The summed E-state index contributed by atoms with van der Waals surface area (Å²) in [6.45, 7) is 9.61. The van der Waals surface area contributed by atoms with Crippen molar-refractivity contribution in [1.29, 1.82) is 0 Å². The number of benzene rings is 11. The lowest BCUT2D eigenvalue weighted by atomic mass is 9.81. The summed E-state index contributed by atoms with van der Waals surface area (Å²) in [5.74, 6) is 0. The van der Waals surface area contributed by atoms with Crippen LogP contribution in [0.5, 0.6) is 0 Å². The van der Waals surface area contributed by atoms with Crippen molar-refractivity contribution in [2.45, 2.75) is 38.5 Å². The summed E-state index contributed by atoms with van der Waals surface area (Å²) in [6, 6.07) is 92.3. The number of fused-ring (bicyclic) bond motifs is 7. The predicted molar refractivity (Wildman–Crippen MR) is 301 cm³/mol. The second-order valence-corrected chi connectivity index (χ2v) is 20.5. The fourth-order valence-electron chi connectivity index (χ4n) is 11.9. The summed E-state index contributed by atoms with van der Waals surface area (Å²) in [5, 5.41) is 2.54. The van der Waals surface area contributed by atoms with Crippen molar-refractivity contribution in [3.8, 4) is 77.9 Å². The van der Waals surface area contributed by atoms with E-state index in [-0.39, 0.29) is 10.8 Å². The van der Waals surface area contributed by atoms with E-state index in [2.05, 4.69) is 281 Å². The van der Waals surface area contributed by atoms with Gasteiger partial charge in [-0.05, 0) is 148 Å². The van der Waals surface area contributed by atoms with Gasteiger partial charge in [-0.2, -0.15) is 0 Å². The average molecular weight is 908 g/mol. The van der Waals surface area contributed by atoms with E-state index < -0.39 is 0 Å². The Kier molecular flexibility index (Phi) is 9.94. The molecule has 11 aromatic carbocycles. The maximum Gasteiger partial charge on any atom is 0.0540 e. The molecule has 1 nitrogen and oxygen atoms in total. The van der Waals surface area contributed by atoms with Crippen molar-refractivity contribution in [2.75, 3.05) is 4.90 Å². The zero-order valence-corrected chi connectivity index (χ0v) is 40.6. The van der Waals surface area contributed by atoms with Crippen LogP contribution in [-0.2, 0) is 10.8 Å².